The average molecular weight is 436 g/mol. The third-order valence-electron chi connectivity index (χ3n) is 4.94. The van der Waals surface area contributed by atoms with Gasteiger partial charge in [-0.2, -0.15) is 0 Å². The molecule has 1 amide bonds. The van der Waals surface area contributed by atoms with Crippen molar-refractivity contribution in [2.75, 3.05) is 6.26 Å². The lowest BCUT2D eigenvalue weighted by Gasteiger charge is -2.23. The SMILES string of the molecule is CS(=O)(=O)Cc1c(C(=O)N(Cc2c(F)cccc2Cl)C2CC2)oc2ccccc12. The molecule has 1 heterocycles. The molecule has 0 spiro atoms. The van der Waals surface area contributed by atoms with Crippen molar-refractivity contribution in [2.24, 2.45) is 0 Å². The topological polar surface area (TPSA) is 67.6 Å². The molecule has 0 saturated heterocycles. The number of para-hydroxylation sites is 1. The Morgan fingerprint density at radius 3 is 2.55 bits per heavy atom. The van der Waals surface area contributed by atoms with Crippen molar-refractivity contribution in [3.63, 3.8) is 0 Å². The van der Waals surface area contributed by atoms with Gasteiger partial charge in [0.1, 0.15) is 11.4 Å². The third-order valence-corrected chi connectivity index (χ3v) is 6.10. The fourth-order valence-electron chi connectivity index (χ4n) is 3.41. The Hall–Kier alpha value is -2.38. The number of amides is 1. The number of benzene rings is 2. The fraction of sp³-hybridized carbons (Fsp3) is 0.286. The summed E-state index contributed by atoms with van der Waals surface area (Å²) in [5.41, 5.74) is 1.00. The first kappa shape index (κ1) is 19.9. The number of nitrogens with zero attached hydrogens (tertiary/aromatic N) is 1. The molecule has 0 atom stereocenters. The number of hydrogen-bond acceptors (Lipinski definition) is 4. The minimum atomic E-state index is -3.41. The second kappa shape index (κ2) is 7.46. The molecule has 152 valence electrons. The number of furan rings is 1. The summed E-state index contributed by atoms with van der Waals surface area (Å²) in [6, 6.07) is 11.3. The lowest BCUT2D eigenvalue weighted by atomic mass is 10.1. The van der Waals surface area contributed by atoms with Gasteiger partial charge in [0.2, 0.25) is 0 Å². The van der Waals surface area contributed by atoms with Gasteiger partial charge in [0.25, 0.3) is 5.91 Å². The van der Waals surface area contributed by atoms with Crippen molar-refractivity contribution in [2.45, 2.75) is 31.2 Å². The highest BCUT2D eigenvalue weighted by Crippen LogP contribution is 2.35. The molecule has 1 fully saturated rings. The summed E-state index contributed by atoms with van der Waals surface area (Å²) < 4.78 is 44.0. The molecule has 1 aliphatic rings. The number of carbonyl (C=O) groups excluding carboxylic acids is 1. The normalized spacial score (nSPS) is 14.3. The van der Waals surface area contributed by atoms with E-state index in [9.17, 15) is 17.6 Å². The smallest absolute Gasteiger partial charge is 0.290 e. The van der Waals surface area contributed by atoms with Crippen molar-refractivity contribution in [3.05, 3.63) is 70.2 Å². The summed E-state index contributed by atoms with van der Waals surface area (Å²) in [5, 5.41) is 0.824. The van der Waals surface area contributed by atoms with Gasteiger partial charge in [-0.1, -0.05) is 35.9 Å². The number of carbonyl (C=O) groups is 1. The van der Waals surface area contributed by atoms with E-state index in [0.717, 1.165) is 19.1 Å². The van der Waals surface area contributed by atoms with E-state index >= 15 is 0 Å². The first-order valence-electron chi connectivity index (χ1n) is 9.16. The summed E-state index contributed by atoms with van der Waals surface area (Å²) in [7, 11) is -3.41. The zero-order valence-electron chi connectivity index (χ0n) is 15.7. The lowest BCUT2D eigenvalue weighted by Crippen LogP contribution is -2.33. The zero-order valence-corrected chi connectivity index (χ0v) is 17.3. The van der Waals surface area contributed by atoms with Crippen molar-refractivity contribution in [1.82, 2.24) is 4.90 Å². The predicted octanol–water partition coefficient (Wildman–Crippen LogP) is 4.57. The Bertz CT molecular complexity index is 1180. The van der Waals surface area contributed by atoms with Crippen molar-refractivity contribution >= 4 is 38.3 Å². The van der Waals surface area contributed by atoms with Gasteiger partial charge < -0.3 is 9.32 Å². The van der Waals surface area contributed by atoms with Gasteiger partial charge in [0.15, 0.2) is 15.6 Å². The highest BCUT2D eigenvalue weighted by molar-refractivity contribution is 7.89. The van der Waals surface area contributed by atoms with Gasteiger partial charge in [0, 0.05) is 33.8 Å². The summed E-state index contributed by atoms with van der Waals surface area (Å²) in [4.78, 5) is 14.9. The molecule has 0 aliphatic heterocycles. The first-order chi connectivity index (χ1) is 13.7. The molecule has 0 N–H and O–H groups in total. The third kappa shape index (κ3) is 4.16. The van der Waals surface area contributed by atoms with Crippen LogP contribution in [0.3, 0.4) is 0 Å². The van der Waals surface area contributed by atoms with Crippen LogP contribution in [-0.4, -0.2) is 31.5 Å². The van der Waals surface area contributed by atoms with E-state index in [1.54, 1.807) is 30.3 Å². The van der Waals surface area contributed by atoms with Gasteiger partial charge >= 0.3 is 0 Å². The molecule has 29 heavy (non-hydrogen) atoms. The summed E-state index contributed by atoms with van der Waals surface area (Å²) in [6.45, 7) is -0.00956. The highest BCUT2D eigenvalue weighted by Gasteiger charge is 2.37. The fourth-order valence-corrected chi connectivity index (χ4v) is 4.45. The molecule has 4 rings (SSSR count). The molecule has 0 bridgehead atoms. The van der Waals surface area contributed by atoms with Crippen LogP contribution in [0.1, 0.15) is 34.5 Å². The van der Waals surface area contributed by atoms with E-state index in [1.165, 1.54) is 17.0 Å². The van der Waals surface area contributed by atoms with Crippen molar-refractivity contribution < 1.29 is 22.0 Å². The Morgan fingerprint density at radius 2 is 1.90 bits per heavy atom. The molecule has 1 aromatic heterocycles. The molecule has 3 aromatic rings. The van der Waals surface area contributed by atoms with E-state index in [1.807, 2.05) is 0 Å². The van der Waals surface area contributed by atoms with Gasteiger partial charge in [-0.15, -0.1) is 0 Å². The van der Waals surface area contributed by atoms with Gasteiger partial charge in [-0.25, -0.2) is 12.8 Å². The minimum Gasteiger partial charge on any atom is -0.451 e. The summed E-state index contributed by atoms with van der Waals surface area (Å²) in [6.07, 6.45) is 2.69. The second-order valence-corrected chi connectivity index (χ2v) is 9.89. The maximum atomic E-state index is 14.3. The number of fused-ring (bicyclic) bond motifs is 1. The standard InChI is InChI=1S/C21H19ClFNO4S/c1-29(26,27)12-16-14-5-2-3-8-19(14)28-20(16)21(25)24(13-9-10-13)11-15-17(22)6-4-7-18(15)23/h2-8,13H,9-12H2,1H3. The Labute approximate surface area is 173 Å². The molecule has 1 aliphatic carbocycles. The van der Waals surface area contributed by atoms with Crippen LogP contribution in [0.2, 0.25) is 5.02 Å². The largest absolute Gasteiger partial charge is 0.451 e. The quantitative estimate of drug-likeness (QED) is 0.568. The van der Waals surface area contributed by atoms with Crippen LogP contribution >= 0.6 is 11.6 Å². The van der Waals surface area contributed by atoms with Gasteiger partial charge in [0.05, 0.1) is 12.3 Å². The summed E-state index contributed by atoms with van der Waals surface area (Å²) in [5.74, 6) is -1.28. The molecular weight excluding hydrogens is 417 g/mol. The van der Waals surface area contributed by atoms with Crippen molar-refractivity contribution in [3.8, 4) is 0 Å². The van der Waals surface area contributed by atoms with Crippen LogP contribution < -0.4 is 0 Å². The van der Waals surface area contributed by atoms with E-state index in [-0.39, 0.29) is 34.7 Å². The molecule has 0 unspecified atom stereocenters. The molecule has 5 nitrogen and oxygen atoms in total. The maximum absolute atomic E-state index is 14.3. The number of rotatable bonds is 6. The second-order valence-electron chi connectivity index (χ2n) is 7.34. The number of halogens is 2. The van der Waals surface area contributed by atoms with Crippen LogP contribution in [-0.2, 0) is 22.1 Å². The van der Waals surface area contributed by atoms with Gasteiger partial charge in [-0.05, 0) is 31.0 Å². The minimum absolute atomic E-state index is 0.00956. The van der Waals surface area contributed by atoms with Crippen LogP contribution in [0.4, 0.5) is 4.39 Å². The maximum Gasteiger partial charge on any atom is 0.290 e. The zero-order chi connectivity index (χ0) is 20.8. The molecular formula is C21H19ClFNO4S. The number of hydrogen-bond donors (Lipinski definition) is 0. The van der Waals surface area contributed by atoms with E-state index in [0.29, 0.717) is 16.5 Å². The molecule has 8 heteroatoms. The lowest BCUT2D eigenvalue weighted by molar-refractivity contribution is 0.0697. The van der Waals surface area contributed by atoms with Crippen LogP contribution in [0, 0.1) is 5.82 Å². The Balaban J connectivity index is 1.77. The Morgan fingerprint density at radius 1 is 1.17 bits per heavy atom. The molecule has 2 aromatic carbocycles. The van der Waals surface area contributed by atoms with Crippen LogP contribution in [0.15, 0.2) is 46.9 Å². The number of sulfone groups is 1. The van der Waals surface area contributed by atoms with Gasteiger partial charge in [-0.3, -0.25) is 4.79 Å². The average Bonchev–Trinajstić information content (AvgIpc) is 3.43. The predicted molar refractivity (Wildman–Crippen MR) is 109 cm³/mol. The van der Waals surface area contributed by atoms with Crippen LogP contribution in [0.5, 0.6) is 0 Å². The summed E-state index contributed by atoms with van der Waals surface area (Å²) >= 11 is 6.15. The Kier molecular flexibility index (Phi) is 5.12. The molecule has 0 radical (unpaired) electrons. The highest BCUT2D eigenvalue weighted by atomic mass is 35.5. The first-order valence-corrected chi connectivity index (χ1v) is 11.6. The van der Waals surface area contributed by atoms with Crippen molar-refractivity contribution in [1.29, 1.82) is 0 Å². The molecule has 1 saturated carbocycles. The van der Waals surface area contributed by atoms with E-state index in [4.69, 9.17) is 16.0 Å². The van der Waals surface area contributed by atoms with E-state index in [2.05, 4.69) is 0 Å². The van der Waals surface area contributed by atoms with Crippen LogP contribution in [0.25, 0.3) is 11.0 Å². The van der Waals surface area contributed by atoms with E-state index < -0.39 is 21.6 Å². The monoisotopic (exact) mass is 435 g/mol.